The number of methoxy groups -OCH3 is 1. The highest BCUT2D eigenvalue weighted by Crippen LogP contribution is 2.42. The maximum absolute atomic E-state index is 6.03. The lowest BCUT2D eigenvalue weighted by Crippen LogP contribution is -1.96. The zero-order valence-electron chi connectivity index (χ0n) is 10.8. The number of alkyl halides is 1. The molecule has 3 rings (SSSR count). The standard InChI is InChI=1S/C16H12BrClOS/c1-19-14-8-10(18)6-7-12(14)16(17)13-9-20-15-5-3-2-4-11(13)15/h2-9,16H,1H3. The summed E-state index contributed by atoms with van der Waals surface area (Å²) >= 11 is 11.6. The van der Waals surface area contributed by atoms with Crippen LogP contribution in [-0.2, 0) is 0 Å². The Morgan fingerprint density at radius 1 is 1.15 bits per heavy atom. The second-order valence-corrected chi connectivity index (χ2v) is 6.70. The number of hydrogen-bond donors (Lipinski definition) is 0. The van der Waals surface area contributed by atoms with Crippen molar-refractivity contribution in [2.75, 3.05) is 7.11 Å². The molecule has 0 aliphatic carbocycles. The van der Waals surface area contributed by atoms with E-state index in [0.29, 0.717) is 5.02 Å². The average Bonchev–Trinajstić information content (AvgIpc) is 2.90. The Morgan fingerprint density at radius 3 is 2.75 bits per heavy atom. The van der Waals surface area contributed by atoms with Crippen LogP contribution in [0.3, 0.4) is 0 Å². The highest BCUT2D eigenvalue weighted by Gasteiger charge is 2.18. The molecule has 0 amide bonds. The first-order chi connectivity index (χ1) is 9.70. The van der Waals surface area contributed by atoms with Gasteiger partial charge in [0.15, 0.2) is 0 Å². The van der Waals surface area contributed by atoms with Crippen molar-refractivity contribution in [3.05, 3.63) is 64.0 Å². The number of ether oxygens (including phenoxy) is 1. The largest absolute Gasteiger partial charge is 0.496 e. The third kappa shape index (κ3) is 2.46. The molecule has 3 aromatic rings. The van der Waals surface area contributed by atoms with Crippen molar-refractivity contribution in [1.82, 2.24) is 0 Å². The van der Waals surface area contributed by atoms with E-state index in [1.807, 2.05) is 18.2 Å². The maximum Gasteiger partial charge on any atom is 0.125 e. The van der Waals surface area contributed by atoms with E-state index in [2.05, 4.69) is 45.6 Å². The summed E-state index contributed by atoms with van der Waals surface area (Å²) in [5, 5.41) is 4.15. The third-order valence-corrected chi connectivity index (χ3v) is 5.46. The van der Waals surface area contributed by atoms with Crippen LogP contribution in [0.2, 0.25) is 5.02 Å². The highest BCUT2D eigenvalue weighted by atomic mass is 79.9. The molecule has 0 saturated heterocycles. The molecule has 1 unspecified atom stereocenters. The average molecular weight is 368 g/mol. The van der Waals surface area contributed by atoms with Crippen molar-refractivity contribution in [2.45, 2.75) is 4.83 Å². The molecule has 1 aromatic heterocycles. The van der Waals surface area contributed by atoms with Gasteiger partial charge >= 0.3 is 0 Å². The van der Waals surface area contributed by atoms with Crippen LogP contribution in [0.15, 0.2) is 47.8 Å². The van der Waals surface area contributed by atoms with Crippen molar-refractivity contribution < 1.29 is 4.74 Å². The molecular weight excluding hydrogens is 356 g/mol. The summed E-state index contributed by atoms with van der Waals surface area (Å²) in [5.41, 5.74) is 2.34. The molecule has 1 nitrogen and oxygen atoms in total. The van der Waals surface area contributed by atoms with Gasteiger partial charge in [-0.3, -0.25) is 0 Å². The van der Waals surface area contributed by atoms with Gasteiger partial charge in [0, 0.05) is 15.3 Å². The zero-order chi connectivity index (χ0) is 14.1. The van der Waals surface area contributed by atoms with Gasteiger partial charge < -0.3 is 4.74 Å². The molecule has 0 fully saturated rings. The van der Waals surface area contributed by atoms with Crippen LogP contribution < -0.4 is 4.74 Å². The van der Waals surface area contributed by atoms with Crippen LogP contribution in [0.4, 0.5) is 0 Å². The second kappa shape index (κ2) is 5.76. The van der Waals surface area contributed by atoms with Crippen molar-refractivity contribution in [1.29, 1.82) is 0 Å². The fourth-order valence-corrected chi connectivity index (χ4v) is 4.34. The monoisotopic (exact) mass is 366 g/mol. The number of halogens is 2. The van der Waals surface area contributed by atoms with Gasteiger partial charge in [-0.25, -0.2) is 0 Å². The van der Waals surface area contributed by atoms with Gasteiger partial charge in [-0.05, 0) is 34.5 Å². The van der Waals surface area contributed by atoms with Crippen LogP contribution in [0.5, 0.6) is 5.75 Å². The van der Waals surface area contributed by atoms with Gasteiger partial charge in [0.1, 0.15) is 5.75 Å². The number of fused-ring (bicyclic) bond motifs is 1. The van der Waals surface area contributed by atoms with Crippen LogP contribution in [-0.4, -0.2) is 7.11 Å². The minimum absolute atomic E-state index is 0.0888. The van der Waals surface area contributed by atoms with Gasteiger partial charge in [0.25, 0.3) is 0 Å². The maximum atomic E-state index is 6.03. The quantitative estimate of drug-likeness (QED) is 0.512. The first kappa shape index (κ1) is 13.9. The van der Waals surface area contributed by atoms with Gasteiger partial charge in [-0.15, -0.1) is 11.3 Å². The lowest BCUT2D eigenvalue weighted by Gasteiger charge is -2.14. The van der Waals surface area contributed by atoms with Crippen molar-refractivity contribution in [3.8, 4) is 5.75 Å². The van der Waals surface area contributed by atoms with Gasteiger partial charge in [-0.1, -0.05) is 51.8 Å². The zero-order valence-corrected chi connectivity index (χ0v) is 13.9. The number of hydrogen-bond acceptors (Lipinski definition) is 2. The molecule has 1 heterocycles. The smallest absolute Gasteiger partial charge is 0.125 e. The normalized spacial score (nSPS) is 12.6. The lowest BCUT2D eigenvalue weighted by atomic mass is 10.0. The Balaban J connectivity index is 2.10. The molecule has 0 spiro atoms. The molecule has 2 aromatic carbocycles. The van der Waals surface area contributed by atoms with Gasteiger partial charge in [0.2, 0.25) is 0 Å². The molecule has 0 radical (unpaired) electrons. The minimum atomic E-state index is 0.0888. The lowest BCUT2D eigenvalue weighted by molar-refractivity contribution is 0.410. The molecule has 0 N–H and O–H groups in total. The Labute approximate surface area is 135 Å². The SMILES string of the molecule is COc1cc(Cl)ccc1C(Br)c1csc2ccccc12. The fraction of sp³-hybridized carbons (Fsp3) is 0.125. The molecule has 0 bridgehead atoms. The van der Waals surface area contributed by atoms with Crippen LogP contribution in [0, 0.1) is 0 Å². The van der Waals surface area contributed by atoms with Crippen molar-refractivity contribution >= 4 is 49.0 Å². The van der Waals surface area contributed by atoms with E-state index >= 15 is 0 Å². The molecule has 0 saturated carbocycles. The van der Waals surface area contributed by atoms with E-state index in [4.69, 9.17) is 16.3 Å². The van der Waals surface area contributed by atoms with E-state index in [0.717, 1.165) is 11.3 Å². The third-order valence-electron chi connectivity index (χ3n) is 3.25. The summed E-state index contributed by atoms with van der Waals surface area (Å²) < 4.78 is 6.74. The minimum Gasteiger partial charge on any atom is -0.496 e. The summed E-state index contributed by atoms with van der Waals surface area (Å²) in [6, 6.07) is 14.2. The Morgan fingerprint density at radius 2 is 1.95 bits per heavy atom. The molecule has 0 aliphatic heterocycles. The van der Waals surface area contributed by atoms with E-state index in [1.165, 1.54) is 15.6 Å². The molecule has 20 heavy (non-hydrogen) atoms. The predicted molar refractivity (Wildman–Crippen MR) is 90.6 cm³/mol. The molecular formula is C16H12BrClOS. The highest BCUT2D eigenvalue weighted by molar-refractivity contribution is 9.09. The van der Waals surface area contributed by atoms with E-state index < -0.39 is 0 Å². The Kier molecular flexibility index (Phi) is 4.01. The Bertz CT molecular complexity index is 753. The van der Waals surface area contributed by atoms with Crippen LogP contribution >= 0.6 is 38.9 Å². The topological polar surface area (TPSA) is 9.23 Å². The summed E-state index contributed by atoms with van der Waals surface area (Å²) in [4.78, 5) is 0.0888. The van der Waals surface area contributed by atoms with E-state index in [-0.39, 0.29) is 4.83 Å². The first-order valence-electron chi connectivity index (χ1n) is 6.14. The van der Waals surface area contributed by atoms with Gasteiger partial charge in [-0.2, -0.15) is 0 Å². The van der Waals surface area contributed by atoms with Gasteiger partial charge in [0.05, 0.1) is 11.9 Å². The first-order valence-corrected chi connectivity index (χ1v) is 8.31. The fourth-order valence-electron chi connectivity index (χ4n) is 2.26. The van der Waals surface area contributed by atoms with Crippen LogP contribution in [0.25, 0.3) is 10.1 Å². The summed E-state index contributed by atoms with van der Waals surface area (Å²) in [5.74, 6) is 0.801. The summed E-state index contributed by atoms with van der Waals surface area (Å²) in [7, 11) is 1.67. The van der Waals surface area contributed by atoms with E-state index in [1.54, 1.807) is 18.4 Å². The van der Waals surface area contributed by atoms with Crippen molar-refractivity contribution in [3.63, 3.8) is 0 Å². The second-order valence-electron chi connectivity index (χ2n) is 4.44. The van der Waals surface area contributed by atoms with E-state index in [9.17, 15) is 0 Å². The summed E-state index contributed by atoms with van der Waals surface area (Å²) in [6.45, 7) is 0. The Hall–Kier alpha value is -1.03. The van der Waals surface area contributed by atoms with Crippen LogP contribution in [0.1, 0.15) is 16.0 Å². The molecule has 102 valence electrons. The molecule has 0 aliphatic rings. The summed E-state index contributed by atoms with van der Waals surface area (Å²) in [6.07, 6.45) is 0. The number of thiophene rings is 1. The molecule has 4 heteroatoms. The van der Waals surface area contributed by atoms with Crippen molar-refractivity contribution in [2.24, 2.45) is 0 Å². The molecule has 1 atom stereocenters. The number of benzene rings is 2. The number of rotatable bonds is 3. The predicted octanol–water partition coefficient (Wildman–Crippen LogP) is 6.05.